The summed E-state index contributed by atoms with van der Waals surface area (Å²) in [5, 5.41) is 9.00. The zero-order valence-electron chi connectivity index (χ0n) is 11.4. The molecule has 0 atom stereocenters. The minimum Gasteiger partial charge on any atom is -0.279 e. The first kappa shape index (κ1) is 16.6. The molecule has 0 radical (unpaired) electrons. The third kappa shape index (κ3) is 4.11. The van der Waals surface area contributed by atoms with E-state index in [0.717, 1.165) is 30.3 Å². The van der Waals surface area contributed by atoms with Crippen LogP contribution in [-0.2, 0) is 10.0 Å². The van der Waals surface area contributed by atoms with Gasteiger partial charge in [-0.1, -0.05) is 0 Å². The number of anilines is 1. The molecule has 8 heteroatoms. The Bertz CT molecular complexity index is 901. The van der Waals surface area contributed by atoms with Gasteiger partial charge >= 0.3 is 0 Å². The average Bonchev–Trinajstić information content (AvgIpc) is 2.48. The Labute approximate surface area is 130 Å². The molecule has 23 heavy (non-hydrogen) atoms. The van der Waals surface area contributed by atoms with Gasteiger partial charge in [-0.3, -0.25) is 4.72 Å². The highest BCUT2D eigenvalue weighted by Gasteiger charge is 2.18. The largest absolute Gasteiger partial charge is 0.279 e. The summed E-state index contributed by atoms with van der Waals surface area (Å²) in [6, 6.07) is 8.36. The molecular formula is C15H9F3N2O2S. The van der Waals surface area contributed by atoms with E-state index >= 15 is 0 Å². The Hall–Kier alpha value is -2.79. The van der Waals surface area contributed by atoms with E-state index in [1.54, 1.807) is 0 Å². The first-order valence-electron chi connectivity index (χ1n) is 6.17. The molecule has 0 aliphatic carbocycles. The lowest BCUT2D eigenvalue weighted by atomic mass is 10.2. The second-order valence-electron chi connectivity index (χ2n) is 4.40. The first-order chi connectivity index (χ1) is 10.8. The van der Waals surface area contributed by atoms with Crippen LogP contribution in [0.15, 0.2) is 47.4 Å². The molecule has 4 nitrogen and oxygen atoms in total. The van der Waals surface area contributed by atoms with E-state index in [2.05, 4.69) is 4.72 Å². The first-order valence-corrected chi connectivity index (χ1v) is 7.65. The van der Waals surface area contributed by atoms with E-state index in [9.17, 15) is 21.6 Å². The SMILES string of the molecule is N#C/C(=C/c1ccc(F)cc1F)S(=O)(=O)Nc1ccc(F)cc1. The van der Waals surface area contributed by atoms with Crippen LogP contribution in [0.1, 0.15) is 5.56 Å². The normalized spacial score (nSPS) is 11.8. The lowest BCUT2D eigenvalue weighted by molar-refractivity contribution is 0.581. The van der Waals surface area contributed by atoms with Crippen molar-refractivity contribution in [1.29, 1.82) is 5.26 Å². The fourth-order valence-corrected chi connectivity index (χ4v) is 2.62. The van der Waals surface area contributed by atoms with Gasteiger partial charge in [0.1, 0.15) is 23.5 Å². The number of benzene rings is 2. The maximum absolute atomic E-state index is 13.6. The number of rotatable bonds is 4. The van der Waals surface area contributed by atoms with Gasteiger partial charge in [0, 0.05) is 17.3 Å². The van der Waals surface area contributed by atoms with Crippen molar-refractivity contribution in [2.45, 2.75) is 0 Å². The molecule has 0 fully saturated rings. The van der Waals surface area contributed by atoms with Crippen LogP contribution in [-0.4, -0.2) is 8.42 Å². The number of allylic oxidation sites excluding steroid dienone is 1. The van der Waals surface area contributed by atoms with E-state index in [-0.39, 0.29) is 11.3 Å². The topological polar surface area (TPSA) is 70.0 Å². The van der Waals surface area contributed by atoms with E-state index in [0.29, 0.717) is 6.07 Å². The molecule has 2 aromatic rings. The number of sulfonamides is 1. The van der Waals surface area contributed by atoms with Gasteiger partial charge in [-0.2, -0.15) is 5.26 Å². The van der Waals surface area contributed by atoms with Gasteiger partial charge in [-0.15, -0.1) is 0 Å². The van der Waals surface area contributed by atoms with Gasteiger partial charge in [0.2, 0.25) is 0 Å². The third-order valence-corrected chi connectivity index (χ3v) is 4.04. The van der Waals surface area contributed by atoms with Gasteiger partial charge in [0.25, 0.3) is 10.0 Å². The van der Waals surface area contributed by atoms with Crippen LogP contribution in [0.25, 0.3) is 6.08 Å². The van der Waals surface area contributed by atoms with Crippen LogP contribution in [0.3, 0.4) is 0 Å². The van der Waals surface area contributed by atoms with Gasteiger partial charge in [0.05, 0.1) is 0 Å². The minimum atomic E-state index is -4.30. The van der Waals surface area contributed by atoms with Crippen molar-refractivity contribution in [2.24, 2.45) is 0 Å². The molecule has 0 heterocycles. The summed E-state index contributed by atoms with van der Waals surface area (Å²) in [5.41, 5.74) is -0.223. The second-order valence-corrected chi connectivity index (χ2v) is 6.05. The molecule has 0 unspecified atom stereocenters. The van der Waals surface area contributed by atoms with Crippen molar-refractivity contribution in [1.82, 2.24) is 0 Å². The lowest BCUT2D eigenvalue weighted by Crippen LogP contribution is -2.14. The zero-order chi connectivity index (χ0) is 17.0. The summed E-state index contributed by atoms with van der Waals surface area (Å²) in [6.07, 6.45) is 0.778. The lowest BCUT2D eigenvalue weighted by Gasteiger charge is -2.07. The fourth-order valence-electron chi connectivity index (χ4n) is 1.66. The molecule has 0 bridgehead atoms. The summed E-state index contributed by atoms with van der Waals surface area (Å²) in [4.78, 5) is -0.771. The van der Waals surface area contributed by atoms with E-state index < -0.39 is 32.4 Å². The van der Waals surface area contributed by atoms with E-state index in [4.69, 9.17) is 5.26 Å². The molecule has 0 aromatic heterocycles. The van der Waals surface area contributed by atoms with Crippen LogP contribution in [0, 0.1) is 28.8 Å². The molecule has 0 aliphatic rings. The summed E-state index contributed by atoms with van der Waals surface area (Å²) in [7, 11) is -4.30. The van der Waals surface area contributed by atoms with Crippen molar-refractivity contribution in [2.75, 3.05) is 4.72 Å². The second kappa shape index (κ2) is 6.54. The predicted octanol–water partition coefficient (Wildman–Crippen LogP) is 3.41. The van der Waals surface area contributed by atoms with Crippen LogP contribution in [0.2, 0.25) is 0 Å². The number of hydrogen-bond donors (Lipinski definition) is 1. The Morgan fingerprint density at radius 1 is 1.04 bits per heavy atom. The maximum atomic E-state index is 13.6. The van der Waals surface area contributed by atoms with E-state index in [1.165, 1.54) is 18.2 Å². The van der Waals surface area contributed by atoms with Crippen LogP contribution >= 0.6 is 0 Å². The molecule has 0 spiro atoms. The van der Waals surface area contributed by atoms with Crippen molar-refractivity contribution in [3.63, 3.8) is 0 Å². The minimum absolute atomic E-state index is 0.0344. The number of hydrogen-bond acceptors (Lipinski definition) is 3. The highest BCUT2D eigenvalue weighted by atomic mass is 32.2. The molecule has 0 amide bonds. The Balaban J connectivity index is 2.37. The Kier molecular flexibility index (Phi) is 4.71. The van der Waals surface area contributed by atoms with Crippen molar-refractivity contribution >= 4 is 21.8 Å². The molecular weight excluding hydrogens is 329 g/mol. The number of nitriles is 1. The van der Waals surface area contributed by atoms with E-state index in [1.807, 2.05) is 0 Å². The van der Waals surface area contributed by atoms with Gasteiger partial charge in [-0.05, 0) is 42.5 Å². The van der Waals surface area contributed by atoms with Gasteiger partial charge in [-0.25, -0.2) is 21.6 Å². The van der Waals surface area contributed by atoms with Crippen molar-refractivity contribution in [3.05, 3.63) is 70.4 Å². The van der Waals surface area contributed by atoms with Crippen LogP contribution < -0.4 is 4.72 Å². The molecule has 2 aromatic carbocycles. The standard InChI is InChI=1S/C15H9F3N2O2S/c16-11-3-5-13(6-4-11)20-23(21,22)14(9-19)7-10-1-2-12(17)8-15(10)18/h1-8,20H/b14-7-. The van der Waals surface area contributed by atoms with Crippen LogP contribution in [0.5, 0.6) is 0 Å². The van der Waals surface area contributed by atoms with Crippen molar-refractivity contribution in [3.8, 4) is 6.07 Å². The van der Waals surface area contributed by atoms with Gasteiger partial charge in [0.15, 0.2) is 4.91 Å². The molecule has 118 valence electrons. The molecule has 0 aliphatic heterocycles. The molecule has 0 saturated heterocycles. The Morgan fingerprint density at radius 2 is 1.65 bits per heavy atom. The number of nitrogens with zero attached hydrogens (tertiary/aromatic N) is 1. The quantitative estimate of drug-likeness (QED) is 0.869. The number of halogens is 3. The van der Waals surface area contributed by atoms with Crippen LogP contribution in [0.4, 0.5) is 18.9 Å². The summed E-state index contributed by atoms with van der Waals surface area (Å²) < 4.78 is 65.5. The maximum Gasteiger partial charge on any atom is 0.272 e. The zero-order valence-corrected chi connectivity index (χ0v) is 12.2. The fraction of sp³-hybridized carbons (Fsp3) is 0. The smallest absolute Gasteiger partial charge is 0.272 e. The summed E-state index contributed by atoms with van der Waals surface area (Å²) in [5.74, 6) is -2.39. The average molecular weight is 338 g/mol. The molecule has 1 N–H and O–H groups in total. The Morgan fingerprint density at radius 3 is 2.22 bits per heavy atom. The monoisotopic (exact) mass is 338 g/mol. The highest BCUT2D eigenvalue weighted by molar-refractivity contribution is 7.96. The highest BCUT2D eigenvalue weighted by Crippen LogP contribution is 2.19. The predicted molar refractivity (Wildman–Crippen MR) is 78.9 cm³/mol. The molecule has 0 saturated carbocycles. The number of nitrogens with one attached hydrogen (secondary N) is 1. The van der Waals surface area contributed by atoms with Gasteiger partial charge < -0.3 is 0 Å². The van der Waals surface area contributed by atoms with Crippen molar-refractivity contribution < 1.29 is 21.6 Å². The third-order valence-electron chi connectivity index (χ3n) is 2.75. The summed E-state index contributed by atoms with van der Waals surface area (Å²) in [6.45, 7) is 0. The molecule has 2 rings (SSSR count). The summed E-state index contributed by atoms with van der Waals surface area (Å²) >= 11 is 0.